The molecule has 1 saturated heterocycles. The second-order valence-electron chi connectivity index (χ2n) is 9.62. The van der Waals surface area contributed by atoms with Gasteiger partial charge in [0, 0.05) is 39.1 Å². The van der Waals surface area contributed by atoms with Gasteiger partial charge in [-0.05, 0) is 65.9 Å². The van der Waals surface area contributed by atoms with Gasteiger partial charge in [0.15, 0.2) is 0 Å². The number of nitrogens with zero attached hydrogens (tertiary/aromatic N) is 2. The van der Waals surface area contributed by atoms with E-state index < -0.39 is 0 Å². The van der Waals surface area contributed by atoms with Gasteiger partial charge in [-0.1, -0.05) is 44.2 Å². The predicted octanol–water partition coefficient (Wildman–Crippen LogP) is 6.60. The minimum Gasteiger partial charge on any atom is -0.495 e. The standard InChI is InChI=1S/C30H37FN2O2/c1-22(2)27-13-12-26(20-23(27)3)35-29(24-8-7-9-25(31)21-24)14-15-32-16-18-33(19-17-32)28-10-5-6-11-30(28)34-4/h5-13,20-22,29H,14-19H2,1-4H3. The normalized spacial score (nSPS) is 15.3. The van der Waals surface area contributed by atoms with Gasteiger partial charge in [0.25, 0.3) is 0 Å². The van der Waals surface area contributed by atoms with Crippen molar-refractivity contribution >= 4 is 5.69 Å². The van der Waals surface area contributed by atoms with Crippen LogP contribution in [-0.2, 0) is 0 Å². The molecule has 1 fully saturated rings. The number of aryl methyl sites for hydroxylation is 1. The molecule has 0 spiro atoms. The van der Waals surface area contributed by atoms with Gasteiger partial charge in [-0.2, -0.15) is 0 Å². The maximum absolute atomic E-state index is 14.1. The predicted molar refractivity (Wildman–Crippen MR) is 141 cm³/mol. The summed E-state index contributed by atoms with van der Waals surface area (Å²) in [5.74, 6) is 1.99. The molecule has 0 bridgehead atoms. The topological polar surface area (TPSA) is 24.9 Å². The number of hydrogen-bond donors (Lipinski definition) is 0. The Morgan fingerprint density at radius 1 is 0.914 bits per heavy atom. The van der Waals surface area contributed by atoms with Crippen molar-refractivity contribution in [2.45, 2.75) is 39.2 Å². The van der Waals surface area contributed by atoms with Crippen LogP contribution < -0.4 is 14.4 Å². The van der Waals surface area contributed by atoms with Crippen molar-refractivity contribution in [2.75, 3.05) is 44.7 Å². The summed E-state index contributed by atoms with van der Waals surface area (Å²) in [7, 11) is 1.72. The molecule has 0 N–H and O–H groups in total. The lowest BCUT2D eigenvalue weighted by molar-refractivity contribution is 0.159. The second-order valence-corrected chi connectivity index (χ2v) is 9.62. The number of rotatable bonds is 9. The fourth-order valence-electron chi connectivity index (χ4n) is 4.94. The minimum atomic E-state index is -0.229. The zero-order valence-electron chi connectivity index (χ0n) is 21.3. The van der Waals surface area contributed by atoms with Crippen LogP contribution in [0.25, 0.3) is 0 Å². The first-order chi connectivity index (χ1) is 16.9. The lowest BCUT2D eigenvalue weighted by atomic mass is 9.98. The molecule has 0 saturated carbocycles. The molecule has 186 valence electrons. The number of methoxy groups -OCH3 is 1. The molecule has 1 unspecified atom stereocenters. The van der Waals surface area contributed by atoms with E-state index in [1.165, 1.54) is 17.2 Å². The van der Waals surface area contributed by atoms with E-state index in [0.717, 1.165) is 61.9 Å². The lowest BCUT2D eigenvalue weighted by Crippen LogP contribution is -2.47. The van der Waals surface area contributed by atoms with Gasteiger partial charge in [0.05, 0.1) is 12.8 Å². The van der Waals surface area contributed by atoms with Crippen LogP contribution in [0.4, 0.5) is 10.1 Å². The molecule has 1 aliphatic heterocycles. The Balaban J connectivity index is 1.41. The second kappa shape index (κ2) is 11.6. The molecular formula is C30H37FN2O2. The largest absolute Gasteiger partial charge is 0.495 e. The van der Waals surface area contributed by atoms with E-state index in [1.54, 1.807) is 19.2 Å². The van der Waals surface area contributed by atoms with Crippen LogP contribution >= 0.6 is 0 Å². The number of ether oxygens (including phenoxy) is 2. The molecule has 35 heavy (non-hydrogen) atoms. The molecule has 4 rings (SSSR count). The minimum absolute atomic E-state index is 0.206. The number of halogens is 1. The highest BCUT2D eigenvalue weighted by molar-refractivity contribution is 5.58. The highest BCUT2D eigenvalue weighted by Gasteiger charge is 2.22. The van der Waals surface area contributed by atoms with Crippen molar-refractivity contribution in [1.82, 2.24) is 4.90 Å². The Kier molecular flexibility index (Phi) is 8.29. The Morgan fingerprint density at radius 3 is 2.37 bits per heavy atom. The van der Waals surface area contributed by atoms with E-state index in [0.29, 0.717) is 5.92 Å². The Labute approximate surface area is 209 Å². The fourth-order valence-corrected chi connectivity index (χ4v) is 4.94. The molecular weight excluding hydrogens is 439 g/mol. The van der Waals surface area contributed by atoms with Crippen LogP contribution in [0.5, 0.6) is 11.5 Å². The highest BCUT2D eigenvalue weighted by Crippen LogP contribution is 2.31. The highest BCUT2D eigenvalue weighted by atomic mass is 19.1. The lowest BCUT2D eigenvalue weighted by Gasteiger charge is -2.37. The third-order valence-electron chi connectivity index (χ3n) is 6.87. The molecule has 1 atom stereocenters. The summed E-state index contributed by atoms with van der Waals surface area (Å²) >= 11 is 0. The summed E-state index contributed by atoms with van der Waals surface area (Å²) in [5.41, 5.74) is 4.58. The van der Waals surface area contributed by atoms with Gasteiger partial charge >= 0.3 is 0 Å². The average molecular weight is 477 g/mol. The zero-order valence-corrected chi connectivity index (χ0v) is 21.3. The fraction of sp³-hybridized carbons (Fsp3) is 0.400. The summed E-state index contributed by atoms with van der Waals surface area (Å²) in [6.07, 6.45) is 0.588. The first kappa shape index (κ1) is 25.1. The Bertz CT molecular complexity index is 1110. The molecule has 4 nitrogen and oxygen atoms in total. The van der Waals surface area contributed by atoms with Crippen molar-refractivity contribution in [2.24, 2.45) is 0 Å². The quantitative estimate of drug-likeness (QED) is 0.347. The molecule has 1 aliphatic rings. The SMILES string of the molecule is COc1ccccc1N1CCN(CCC(Oc2ccc(C(C)C)c(C)c2)c2cccc(F)c2)CC1. The number of benzene rings is 3. The van der Waals surface area contributed by atoms with Crippen LogP contribution in [0.15, 0.2) is 66.7 Å². The first-order valence-corrected chi connectivity index (χ1v) is 12.6. The summed E-state index contributed by atoms with van der Waals surface area (Å²) in [4.78, 5) is 4.85. The van der Waals surface area contributed by atoms with Crippen LogP contribution in [0.2, 0.25) is 0 Å². The van der Waals surface area contributed by atoms with Gasteiger partial charge in [0.1, 0.15) is 23.4 Å². The average Bonchev–Trinajstić information content (AvgIpc) is 2.86. The van der Waals surface area contributed by atoms with Crippen molar-refractivity contribution in [3.63, 3.8) is 0 Å². The first-order valence-electron chi connectivity index (χ1n) is 12.6. The zero-order chi connectivity index (χ0) is 24.8. The summed E-state index contributed by atoms with van der Waals surface area (Å²) in [5, 5.41) is 0. The van der Waals surface area contributed by atoms with Crippen LogP contribution in [0.3, 0.4) is 0 Å². The van der Waals surface area contributed by atoms with E-state index in [1.807, 2.05) is 24.3 Å². The Morgan fingerprint density at radius 2 is 1.69 bits per heavy atom. The van der Waals surface area contributed by atoms with E-state index in [-0.39, 0.29) is 11.9 Å². The number of para-hydroxylation sites is 2. The third kappa shape index (κ3) is 6.34. The molecule has 0 aromatic heterocycles. The molecule has 0 aliphatic carbocycles. The van der Waals surface area contributed by atoms with Crippen molar-refractivity contribution in [3.05, 3.63) is 89.2 Å². The van der Waals surface area contributed by atoms with E-state index in [2.05, 4.69) is 54.8 Å². The van der Waals surface area contributed by atoms with Crippen LogP contribution in [0, 0.1) is 12.7 Å². The third-order valence-corrected chi connectivity index (χ3v) is 6.87. The van der Waals surface area contributed by atoms with E-state index in [4.69, 9.17) is 9.47 Å². The van der Waals surface area contributed by atoms with Crippen molar-refractivity contribution < 1.29 is 13.9 Å². The van der Waals surface area contributed by atoms with E-state index >= 15 is 0 Å². The van der Waals surface area contributed by atoms with Gasteiger partial charge in [-0.3, -0.25) is 4.90 Å². The van der Waals surface area contributed by atoms with Crippen molar-refractivity contribution in [3.8, 4) is 11.5 Å². The van der Waals surface area contributed by atoms with Crippen LogP contribution in [0.1, 0.15) is 49.0 Å². The maximum Gasteiger partial charge on any atom is 0.142 e. The van der Waals surface area contributed by atoms with Crippen molar-refractivity contribution in [1.29, 1.82) is 0 Å². The molecule has 5 heteroatoms. The van der Waals surface area contributed by atoms with Gasteiger partial charge in [0.2, 0.25) is 0 Å². The molecule has 3 aromatic rings. The molecule has 3 aromatic carbocycles. The molecule has 0 radical (unpaired) electrons. The number of piperazine rings is 1. The summed E-state index contributed by atoms with van der Waals surface area (Å²) in [6, 6.07) is 21.3. The maximum atomic E-state index is 14.1. The van der Waals surface area contributed by atoms with E-state index in [9.17, 15) is 4.39 Å². The Hall–Kier alpha value is -3.05. The molecule has 0 amide bonds. The smallest absolute Gasteiger partial charge is 0.142 e. The summed E-state index contributed by atoms with van der Waals surface area (Å²) in [6.45, 7) is 11.2. The number of hydrogen-bond acceptors (Lipinski definition) is 4. The van der Waals surface area contributed by atoms with Crippen LogP contribution in [-0.4, -0.2) is 44.7 Å². The van der Waals surface area contributed by atoms with Gasteiger partial charge in [-0.15, -0.1) is 0 Å². The molecule has 1 heterocycles. The summed E-state index contributed by atoms with van der Waals surface area (Å²) < 4.78 is 26.1. The van der Waals surface area contributed by atoms with Gasteiger partial charge in [-0.25, -0.2) is 4.39 Å². The number of anilines is 1. The van der Waals surface area contributed by atoms with Gasteiger partial charge < -0.3 is 14.4 Å². The monoisotopic (exact) mass is 476 g/mol.